The van der Waals surface area contributed by atoms with Gasteiger partial charge in [0.2, 0.25) is 10.0 Å². The monoisotopic (exact) mass is 406 g/mol. The van der Waals surface area contributed by atoms with Gasteiger partial charge in [-0.05, 0) is 45.0 Å². The van der Waals surface area contributed by atoms with Crippen LogP contribution in [0.25, 0.3) is 0 Å². The highest BCUT2D eigenvalue weighted by atomic mass is 32.2. The molecule has 10 heteroatoms. The average Bonchev–Trinajstić information content (AvgIpc) is 3.07. The van der Waals surface area contributed by atoms with E-state index < -0.39 is 27.4 Å². The number of benzene rings is 1. The van der Waals surface area contributed by atoms with Crippen molar-refractivity contribution in [3.8, 4) is 0 Å². The van der Waals surface area contributed by atoms with Crippen molar-refractivity contribution >= 4 is 28.1 Å². The SMILES string of the molecule is CC(C)(C)NC(=O)C(=O)NN=Cc1ccc(CNS(=O)(=O)c2ccccc2)o1. The number of sulfonamides is 1. The number of rotatable bonds is 6. The van der Waals surface area contributed by atoms with Crippen molar-refractivity contribution < 1.29 is 22.4 Å². The molecule has 2 amide bonds. The van der Waals surface area contributed by atoms with Gasteiger partial charge in [-0.2, -0.15) is 5.10 Å². The van der Waals surface area contributed by atoms with Gasteiger partial charge in [-0.1, -0.05) is 18.2 Å². The third-order valence-corrected chi connectivity index (χ3v) is 4.64. The van der Waals surface area contributed by atoms with Crippen LogP contribution in [0.3, 0.4) is 0 Å². The fourth-order valence-corrected chi connectivity index (χ4v) is 3.03. The van der Waals surface area contributed by atoms with E-state index in [1.54, 1.807) is 51.1 Å². The summed E-state index contributed by atoms with van der Waals surface area (Å²) in [5, 5.41) is 6.15. The van der Waals surface area contributed by atoms with Gasteiger partial charge in [0.05, 0.1) is 17.7 Å². The van der Waals surface area contributed by atoms with Crippen LogP contribution in [-0.4, -0.2) is 32.0 Å². The molecule has 1 aromatic carbocycles. The van der Waals surface area contributed by atoms with Crippen molar-refractivity contribution in [3.63, 3.8) is 0 Å². The van der Waals surface area contributed by atoms with E-state index in [1.165, 1.54) is 18.3 Å². The first kappa shape index (κ1) is 21.3. The Morgan fingerprint density at radius 3 is 2.39 bits per heavy atom. The second kappa shape index (κ2) is 8.81. The van der Waals surface area contributed by atoms with Gasteiger partial charge in [0, 0.05) is 5.54 Å². The van der Waals surface area contributed by atoms with Crippen molar-refractivity contribution in [3.05, 3.63) is 54.0 Å². The summed E-state index contributed by atoms with van der Waals surface area (Å²) in [6.07, 6.45) is 1.21. The fraction of sp³-hybridized carbons (Fsp3) is 0.278. The van der Waals surface area contributed by atoms with Crippen LogP contribution in [0, 0.1) is 0 Å². The Hall–Kier alpha value is -2.98. The fourth-order valence-electron chi connectivity index (χ4n) is 2.01. The van der Waals surface area contributed by atoms with E-state index in [-0.39, 0.29) is 17.2 Å². The molecule has 0 atom stereocenters. The van der Waals surface area contributed by atoms with E-state index in [0.717, 1.165) is 0 Å². The molecule has 1 heterocycles. The number of nitrogens with zero attached hydrogens (tertiary/aromatic N) is 1. The van der Waals surface area contributed by atoms with Gasteiger partial charge >= 0.3 is 11.8 Å². The Labute approximate surface area is 163 Å². The first-order valence-electron chi connectivity index (χ1n) is 8.36. The Balaban J connectivity index is 1.88. The van der Waals surface area contributed by atoms with E-state index in [0.29, 0.717) is 5.76 Å². The third-order valence-electron chi connectivity index (χ3n) is 3.23. The molecular weight excluding hydrogens is 384 g/mol. The molecule has 1 aromatic heterocycles. The maximum Gasteiger partial charge on any atom is 0.329 e. The van der Waals surface area contributed by atoms with Gasteiger partial charge in [0.1, 0.15) is 11.5 Å². The van der Waals surface area contributed by atoms with E-state index in [4.69, 9.17) is 4.42 Å². The predicted molar refractivity (Wildman–Crippen MR) is 103 cm³/mol. The second-order valence-corrected chi connectivity index (χ2v) is 8.61. The van der Waals surface area contributed by atoms with Gasteiger partial charge in [0.15, 0.2) is 0 Å². The molecule has 0 saturated heterocycles. The summed E-state index contributed by atoms with van der Waals surface area (Å²) < 4.78 is 32.2. The minimum Gasteiger partial charge on any atom is -0.459 e. The van der Waals surface area contributed by atoms with E-state index >= 15 is 0 Å². The molecule has 2 rings (SSSR count). The molecular formula is C18H22N4O5S. The smallest absolute Gasteiger partial charge is 0.329 e. The summed E-state index contributed by atoms with van der Waals surface area (Å²) in [5.41, 5.74) is 1.55. The third kappa shape index (κ3) is 6.63. The Bertz CT molecular complexity index is 959. The molecule has 0 aliphatic heterocycles. The van der Waals surface area contributed by atoms with Crippen LogP contribution in [0.2, 0.25) is 0 Å². The zero-order valence-corrected chi connectivity index (χ0v) is 16.5. The normalized spacial score (nSPS) is 12.1. The number of nitrogens with one attached hydrogen (secondary N) is 3. The van der Waals surface area contributed by atoms with Crippen LogP contribution in [0.15, 0.2) is 56.9 Å². The van der Waals surface area contributed by atoms with E-state index in [9.17, 15) is 18.0 Å². The Kier molecular flexibility index (Phi) is 6.71. The van der Waals surface area contributed by atoms with E-state index in [2.05, 4.69) is 20.6 Å². The second-order valence-electron chi connectivity index (χ2n) is 6.84. The van der Waals surface area contributed by atoms with Gasteiger partial charge < -0.3 is 9.73 Å². The largest absolute Gasteiger partial charge is 0.459 e. The highest BCUT2D eigenvalue weighted by molar-refractivity contribution is 7.89. The molecule has 2 aromatic rings. The standard InChI is InChI=1S/C18H22N4O5S/c1-18(2,3)21-16(23)17(24)22-19-11-13-9-10-14(27-13)12-20-28(25,26)15-7-5-4-6-8-15/h4-11,20H,12H2,1-3H3,(H,21,23)(H,22,24). The Morgan fingerprint density at radius 2 is 1.75 bits per heavy atom. The van der Waals surface area contributed by atoms with Crippen LogP contribution in [-0.2, 0) is 26.2 Å². The Morgan fingerprint density at radius 1 is 1.07 bits per heavy atom. The van der Waals surface area contributed by atoms with Crippen LogP contribution < -0.4 is 15.5 Å². The lowest BCUT2D eigenvalue weighted by Crippen LogP contribution is -2.47. The summed E-state index contributed by atoms with van der Waals surface area (Å²) in [7, 11) is -3.65. The highest BCUT2D eigenvalue weighted by Gasteiger charge is 2.19. The van der Waals surface area contributed by atoms with Gasteiger partial charge in [0.25, 0.3) is 0 Å². The summed E-state index contributed by atoms with van der Waals surface area (Å²) in [4.78, 5) is 23.4. The molecule has 0 radical (unpaired) electrons. The average molecular weight is 406 g/mol. The molecule has 28 heavy (non-hydrogen) atoms. The molecule has 9 nitrogen and oxygen atoms in total. The molecule has 150 valence electrons. The summed E-state index contributed by atoms with van der Waals surface area (Å²) >= 11 is 0. The first-order chi connectivity index (χ1) is 13.1. The zero-order valence-electron chi connectivity index (χ0n) is 15.7. The summed E-state index contributed by atoms with van der Waals surface area (Å²) in [5.74, 6) is -1.07. The molecule has 0 spiro atoms. The van der Waals surface area contributed by atoms with Crippen LogP contribution in [0.1, 0.15) is 32.3 Å². The van der Waals surface area contributed by atoms with E-state index in [1.807, 2.05) is 0 Å². The molecule has 0 unspecified atom stereocenters. The van der Waals surface area contributed by atoms with Crippen molar-refractivity contribution in [1.29, 1.82) is 0 Å². The minimum absolute atomic E-state index is 0.0502. The summed E-state index contributed by atoms with van der Waals surface area (Å²) in [6, 6.07) is 11.1. The molecule has 0 saturated carbocycles. The minimum atomic E-state index is -3.65. The highest BCUT2D eigenvalue weighted by Crippen LogP contribution is 2.10. The number of hydrazone groups is 1. The van der Waals surface area contributed by atoms with Crippen molar-refractivity contribution in [2.24, 2.45) is 5.10 Å². The molecule has 0 bridgehead atoms. The molecule has 0 aliphatic rings. The number of hydrogen-bond acceptors (Lipinski definition) is 6. The first-order valence-corrected chi connectivity index (χ1v) is 9.84. The molecule has 0 aliphatic carbocycles. The number of amides is 2. The quantitative estimate of drug-likeness (QED) is 0.376. The maximum absolute atomic E-state index is 12.2. The number of hydrogen-bond donors (Lipinski definition) is 3. The van der Waals surface area contributed by atoms with Crippen LogP contribution >= 0.6 is 0 Å². The van der Waals surface area contributed by atoms with Crippen molar-refractivity contribution in [1.82, 2.24) is 15.5 Å². The maximum atomic E-state index is 12.2. The van der Waals surface area contributed by atoms with Crippen molar-refractivity contribution in [2.75, 3.05) is 0 Å². The topological polar surface area (TPSA) is 130 Å². The number of carbonyl (C=O) groups excluding carboxylic acids is 2. The van der Waals surface area contributed by atoms with Gasteiger partial charge in [-0.25, -0.2) is 18.6 Å². The summed E-state index contributed by atoms with van der Waals surface area (Å²) in [6.45, 7) is 5.19. The lowest BCUT2D eigenvalue weighted by atomic mass is 10.1. The molecule has 3 N–H and O–H groups in total. The zero-order chi connectivity index (χ0) is 20.8. The van der Waals surface area contributed by atoms with Gasteiger partial charge in [-0.15, -0.1) is 0 Å². The van der Waals surface area contributed by atoms with Crippen LogP contribution in [0.4, 0.5) is 0 Å². The lowest BCUT2D eigenvalue weighted by Gasteiger charge is -2.19. The number of furan rings is 1. The molecule has 0 fully saturated rings. The predicted octanol–water partition coefficient (Wildman–Crippen LogP) is 1.12. The number of carbonyl (C=O) groups is 2. The van der Waals surface area contributed by atoms with Crippen molar-refractivity contribution in [2.45, 2.75) is 37.8 Å². The lowest BCUT2D eigenvalue weighted by molar-refractivity contribution is -0.140. The van der Waals surface area contributed by atoms with Crippen LogP contribution in [0.5, 0.6) is 0 Å². The van der Waals surface area contributed by atoms with Gasteiger partial charge in [-0.3, -0.25) is 9.59 Å².